The van der Waals surface area contributed by atoms with E-state index in [0.717, 1.165) is 29.0 Å². The van der Waals surface area contributed by atoms with Gasteiger partial charge in [-0.3, -0.25) is 4.79 Å². The summed E-state index contributed by atoms with van der Waals surface area (Å²) in [6.45, 7) is 4.54. The molecular formula is C26H24ClF4NO4. The molecule has 3 aromatic rings. The molecule has 1 heterocycles. The molecule has 0 fully saturated rings. The Morgan fingerprint density at radius 1 is 1.08 bits per heavy atom. The molecule has 5 nitrogen and oxygen atoms in total. The first-order chi connectivity index (χ1) is 16.8. The number of aryl methyl sites for hydroxylation is 1. The molecule has 1 aromatic heterocycles. The van der Waals surface area contributed by atoms with Gasteiger partial charge >= 0.3 is 12.1 Å². The van der Waals surface area contributed by atoms with Gasteiger partial charge in [0.05, 0.1) is 12.2 Å². The van der Waals surface area contributed by atoms with Crippen LogP contribution in [-0.4, -0.2) is 28.4 Å². The summed E-state index contributed by atoms with van der Waals surface area (Å²) >= 11 is 6.39. The zero-order valence-corrected chi connectivity index (χ0v) is 20.5. The van der Waals surface area contributed by atoms with Crippen LogP contribution in [0.2, 0.25) is 5.02 Å². The highest BCUT2D eigenvalue weighted by Crippen LogP contribution is 2.49. The van der Waals surface area contributed by atoms with Crippen LogP contribution in [0.1, 0.15) is 48.2 Å². The second-order valence-corrected chi connectivity index (χ2v) is 8.59. The molecular weight excluding hydrogens is 502 g/mol. The van der Waals surface area contributed by atoms with Gasteiger partial charge in [0.2, 0.25) is 0 Å². The van der Waals surface area contributed by atoms with Gasteiger partial charge in [-0.05, 0) is 54.8 Å². The third-order valence-electron chi connectivity index (χ3n) is 6.09. The van der Waals surface area contributed by atoms with Gasteiger partial charge < -0.3 is 14.4 Å². The van der Waals surface area contributed by atoms with Crippen molar-refractivity contribution < 1.29 is 32.2 Å². The van der Waals surface area contributed by atoms with E-state index in [1.807, 2.05) is 0 Å². The van der Waals surface area contributed by atoms with Gasteiger partial charge in [0, 0.05) is 35.3 Å². The summed E-state index contributed by atoms with van der Waals surface area (Å²) in [4.78, 5) is 23.9. The Morgan fingerprint density at radius 3 is 2.31 bits per heavy atom. The first-order valence-corrected chi connectivity index (χ1v) is 11.5. The topological polar surface area (TPSA) is 68.5 Å². The molecule has 0 amide bonds. The van der Waals surface area contributed by atoms with Crippen LogP contribution in [-0.2, 0) is 16.9 Å². The molecule has 192 valence electrons. The third-order valence-corrected chi connectivity index (χ3v) is 6.41. The number of carbonyl (C=O) groups is 1. The van der Waals surface area contributed by atoms with Gasteiger partial charge in [-0.1, -0.05) is 36.7 Å². The lowest BCUT2D eigenvalue weighted by Gasteiger charge is -2.37. The van der Waals surface area contributed by atoms with Crippen molar-refractivity contribution in [2.24, 2.45) is 0 Å². The average molecular weight is 526 g/mol. The third kappa shape index (κ3) is 5.03. The van der Waals surface area contributed by atoms with Crippen molar-refractivity contribution in [1.82, 2.24) is 4.57 Å². The summed E-state index contributed by atoms with van der Waals surface area (Å²) in [5, 5.41) is 11.0. The fourth-order valence-electron chi connectivity index (χ4n) is 4.02. The number of ether oxygens (including phenoxy) is 1. The Bertz CT molecular complexity index is 1340. The highest BCUT2D eigenvalue weighted by Gasteiger charge is 2.59. The van der Waals surface area contributed by atoms with Crippen LogP contribution >= 0.6 is 11.6 Å². The van der Waals surface area contributed by atoms with E-state index in [4.69, 9.17) is 16.3 Å². The van der Waals surface area contributed by atoms with Crippen LogP contribution in [0, 0.1) is 5.82 Å². The normalized spacial score (nSPS) is 14.2. The van der Waals surface area contributed by atoms with E-state index >= 15 is 0 Å². The molecule has 0 bridgehead atoms. The summed E-state index contributed by atoms with van der Waals surface area (Å²) in [5.41, 5.74) is -3.83. The standard InChI is InChI=1S/C26H24ClF4NO4/c1-4-32-14-18(8-11-23(32)33)25(35,26(29,30)31)15(3)19-9-6-17(13-21(19)27)16-7-10-22(28)20(12-16)24(34)36-5-2/h6-15,35H,4-5H2,1-3H3/t15-,25-/m0/s1. The zero-order valence-electron chi connectivity index (χ0n) is 19.7. The second-order valence-electron chi connectivity index (χ2n) is 8.18. The molecule has 2 aromatic carbocycles. The summed E-state index contributed by atoms with van der Waals surface area (Å²) < 4.78 is 62.9. The highest BCUT2D eigenvalue weighted by atomic mass is 35.5. The lowest BCUT2D eigenvalue weighted by atomic mass is 9.78. The molecule has 0 unspecified atom stereocenters. The van der Waals surface area contributed by atoms with Gasteiger partial charge in [-0.25, -0.2) is 9.18 Å². The molecule has 0 radical (unpaired) electrons. The lowest BCUT2D eigenvalue weighted by Crippen LogP contribution is -2.47. The summed E-state index contributed by atoms with van der Waals surface area (Å²) in [7, 11) is 0. The summed E-state index contributed by atoms with van der Waals surface area (Å²) in [6.07, 6.45) is -4.11. The zero-order chi connectivity index (χ0) is 26.8. The van der Waals surface area contributed by atoms with Crippen molar-refractivity contribution in [2.45, 2.75) is 45.0 Å². The minimum Gasteiger partial charge on any atom is -0.462 e. The second kappa shape index (κ2) is 10.4. The summed E-state index contributed by atoms with van der Waals surface area (Å²) in [6, 6.07) is 9.84. The first kappa shape index (κ1) is 27.4. The van der Waals surface area contributed by atoms with Crippen molar-refractivity contribution in [2.75, 3.05) is 6.61 Å². The fraction of sp³-hybridized carbons (Fsp3) is 0.308. The molecule has 2 atom stereocenters. The van der Waals surface area contributed by atoms with Crippen molar-refractivity contribution in [3.63, 3.8) is 0 Å². The lowest BCUT2D eigenvalue weighted by molar-refractivity contribution is -0.274. The van der Waals surface area contributed by atoms with E-state index in [-0.39, 0.29) is 29.3 Å². The van der Waals surface area contributed by atoms with Crippen molar-refractivity contribution in [3.05, 3.63) is 92.6 Å². The van der Waals surface area contributed by atoms with Crippen LogP contribution in [0.3, 0.4) is 0 Å². The van der Waals surface area contributed by atoms with Crippen LogP contribution in [0.25, 0.3) is 11.1 Å². The Hall–Kier alpha value is -3.17. The predicted molar refractivity (Wildman–Crippen MR) is 128 cm³/mol. The quantitative estimate of drug-likeness (QED) is 0.301. The van der Waals surface area contributed by atoms with Gasteiger partial charge in [0.15, 0.2) is 5.60 Å². The first-order valence-electron chi connectivity index (χ1n) is 11.1. The monoisotopic (exact) mass is 525 g/mol. The van der Waals surface area contributed by atoms with E-state index in [1.54, 1.807) is 13.8 Å². The molecule has 0 aliphatic rings. The molecule has 10 heteroatoms. The molecule has 0 saturated heterocycles. The van der Waals surface area contributed by atoms with E-state index in [9.17, 15) is 32.3 Å². The smallest absolute Gasteiger partial charge is 0.422 e. The molecule has 0 aliphatic carbocycles. The van der Waals surface area contributed by atoms with Crippen molar-refractivity contribution >= 4 is 17.6 Å². The maximum absolute atomic E-state index is 14.3. The molecule has 36 heavy (non-hydrogen) atoms. The number of pyridine rings is 1. The van der Waals surface area contributed by atoms with Crippen molar-refractivity contribution in [3.8, 4) is 11.1 Å². The molecule has 0 saturated carbocycles. The Labute approximate surface area is 209 Å². The number of halogens is 5. The number of aliphatic hydroxyl groups is 1. The van der Waals surface area contributed by atoms with Gasteiger partial charge in [-0.15, -0.1) is 0 Å². The summed E-state index contributed by atoms with van der Waals surface area (Å²) in [5.74, 6) is -3.20. The number of nitrogens with zero attached hydrogens (tertiary/aromatic N) is 1. The Morgan fingerprint density at radius 2 is 1.72 bits per heavy atom. The molecule has 1 N–H and O–H groups in total. The number of carbonyl (C=O) groups excluding carboxylic acids is 1. The van der Waals surface area contributed by atoms with Crippen LogP contribution < -0.4 is 5.56 Å². The maximum atomic E-state index is 14.3. The van der Waals surface area contributed by atoms with Crippen molar-refractivity contribution in [1.29, 1.82) is 0 Å². The van der Waals surface area contributed by atoms with Crippen LogP contribution in [0.5, 0.6) is 0 Å². The largest absolute Gasteiger partial charge is 0.462 e. The predicted octanol–water partition coefficient (Wildman–Crippen LogP) is 6.06. The van der Waals surface area contributed by atoms with E-state index in [0.29, 0.717) is 11.1 Å². The number of hydrogen-bond donors (Lipinski definition) is 1. The Balaban J connectivity index is 2.07. The van der Waals surface area contributed by atoms with E-state index < -0.39 is 40.6 Å². The average Bonchev–Trinajstić information content (AvgIpc) is 2.83. The molecule has 0 aliphatic heterocycles. The van der Waals surface area contributed by atoms with Gasteiger partial charge in [0.1, 0.15) is 5.82 Å². The molecule has 0 spiro atoms. The van der Waals surface area contributed by atoms with E-state index in [1.165, 1.54) is 37.3 Å². The SMILES string of the molecule is CCOC(=O)c1cc(-c2ccc([C@H](C)[C@](O)(c3ccc(=O)n(CC)c3)C(F)(F)F)c(Cl)c2)ccc1F. The highest BCUT2D eigenvalue weighted by molar-refractivity contribution is 6.31. The van der Waals surface area contributed by atoms with Crippen LogP contribution in [0.4, 0.5) is 17.6 Å². The minimum absolute atomic E-state index is 0.00205. The number of esters is 1. The fourth-order valence-corrected chi connectivity index (χ4v) is 4.36. The number of alkyl halides is 3. The Kier molecular flexibility index (Phi) is 7.95. The van der Waals surface area contributed by atoms with Crippen LogP contribution in [0.15, 0.2) is 59.5 Å². The maximum Gasteiger partial charge on any atom is 0.422 e. The number of aromatic nitrogens is 1. The number of hydrogen-bond acceptors (Lipinski definition) is 4. The van der Waals surface area contributed by atoms with Gasteiger partial charge in [-0.2, -0.15) is 13.2 Å². The minimum atomic E-state index is -5.10. The van der Waals surface area contributed by atoms with E-state index in [2.05, 4.69) is 0 Å². The van der Waals surface area contributed by atoms with Gasteiger partial charge in [0.25, 0.3) is 5.56 Å². The number of benzene rings is 2. The molecule has 3 rings (SSSR count). The number of rotatable bonds is 7.